The third-order valence-electron chi connectivity index (χ3n) is 2.72. The second kappa shape index (κ2) is 5.89. The average molecular weight is 239 g/mol. The number of phenols is 1. The molecule has 2 atom stereocenters. The Kier molecular flexibility index (Phi) is 4.78. The van der Waals surface area contributed by atoms with Crippen molar-refractivity contribution in [1.82, 2.24) is 0 Å². The number of aromatic hydroxyl groups is 1. The molecule has 0 aliphatic rings. The first-order valence-corrected chi connectivity index (χ1v) is 5.76. The third kappa shape index (κ3) is 3.61. The number of rotatable bonds is 5. The summed E-state index contributed by atoms with van der Waals surface area (Å²) in [4.78, 5) is 0. The lowest BCUT2D eigenvalue weighted by atomic mass is 9.95. The van der Waals surface area contributed by atoms with Crippen molar-refractivity contribution in [2.75, 3.05) is 7.11 Å². The summed E-state index contributed by atoms with van der Waals surface area (Å²) in [5.74, 6) is 0.819. The van der Waals surface area contributed by atoms with Crippen molar-refractivity contribution in [3.63, 3.8) is 0 Å². The van der Waals surface area contributed by atoms with E-state index in [0.29, 0.717) is 23.7 Å². The fourth-order valence-corrected chi connectivity index (χ4v) is 1.77. The lowest BCUT2D eigenvalue weighted by molar-refractivity contribution is 0.121. The minimum Gasteiger partial charge on any atom is -0.504 e. The zero-order valence-electron chi connectivity index (χ0n) is 10.6. The van der Waals surface area contributed by atoms with Crippen LogP contribution in [0.3, 0.4) is 0 Å². The Morgan fingerprint density at radius 3 is 2.47 bits per heavy atom. The molecule has 0 aliphatic heterocycles. The van der Waals surface area contributed by atoms with Gasteiger partial charge in [-0.1, -0.05) is 19.9 Å². The molecule has 17 heavy (non-hydrogen) atoms. The third-order valence-corrected chi connectivity index (χ3v) is 2.72. The van der Waals surface area contributed by atoms with Crippen molar-refractivity contribution in [1.29, 1.82) is 0 Å². The van der Waals surface area contributed by atoms with Crippen molar-refractivity contribution in [3.8, 4) is 11.5 Å². The molecule has 0 amide bonds. The molecular weight excluding hydrogens is 218 g/mol. The minimum atomic E-state index is -0.609. The fraction of sp³-hybridized carbons (Fsp3) is 0.538. The van der Waals surface area contributed by atoms with Crippen LogP contribution in [0.4, 0.5) is 0 Å². The molecule has 0 saturated carbocycles. The molecule has 0 spiro atoms. The van der Waals surface area contributed by atoms with Gasteiger partial charge in [-0.25, -0.2) is 0 Å². The van der Waals surface area contributed by atoms with E-state index in [1.54, 1.807) is 12.1 Å². The van der Waals surface area contributed by atoms with Gasteiger partial charge in [0.05, 0.1) is 19.3 Å². The number of phenolic OH excluding ortho intramolecular Hbond substituents is 1. The molecule has 4 heteroatoms. The zero-order valence-corrected chi connectivity index (χ0v) is 10.6. The molecule has 0 aliphatic carbocycles. The first-order chi connectivity index (χ1) is 7.95. The minimum absolute atomic E-state index is 0.0391. The highest BCUT2D eigenvalue weighted by atomic mass is 16.5. The van der Waals surface area contributed by atoms with E-state index in [9.17, 15) is 10.2 Å². The van der Waals surface area contributed by atoms with Crippen LogP contribution in [0.25, 0.3) is 0 Å². The Labute approximate surface area is 102 Å². The predicted molar refractivity (Wildman–Crippen MR) is 67.0 cm³/mol. The summed E-state index contributed by atoms with van der Waals surface area (Å²) < 4.78 is 4.95. The second-order valence-electron chi connectivity index (χ2n) is 4.65. The number of nitrogens with two attached hydrogens (primary N) is 1. The predicted octanol–water partition coefficient (Wildman–Crippen LogP) is 1.81. The van der Waals surface area contributed by atoms with E-state index in [0.717, 1.165) is 0 Å². The Balaban J connectivity index is 2.82. The van der Waals surface area contributed by atoms with Gasteiger partial charge in [-0.15, -0.1) is 0 Å². The summed E-state index contributed by atoms with van der Waals surface area (Å²) >= 11 is 0. The van der Waals surface area contributed by atoms with Crippen LogP contribution >= 0.6 is 0 Å². The highest BCUT2D eigenvalue weighted by molar-refractivity contribution is 5.42. The zero-order chi connectivity index (χ0) is 13.0. The number of aliphatic hydroxyl groups is 1. The van der Waals surface area contributed by atoms with E-state index in [2.05, 4.69) is 0 Å². The van der Waals surface area contributed by atoms with Gasteiger partial charge in [0.1, 0.15) is 0 Å². The number of benzene rings is 1. The Bertz CT molecular complexity index is 366. The quantitative estimate of drug-likeness (QED) is 0.732. The molecule has 1 aromatic carbocycles. The van der Waals surface area contributed by atoms with Gasteiger partial charge in [0, 0.05) is 0 Å². The summed E-state index contributed by atoms with van der Waals surface area (Å²) in [6.45, 7) is 4.06. The first-order valence-electron chi connectivity index (χ1n) is 5.76. The molecule has 0 saturated heterocycles. The molecule has 0 radical (unpaired) electrons. The van der Waals surface area contributed by atoms with Crippen LogP contribution in [0, 0.1) is 5.92 Å². The van der Waals surface area contributed by atoms with E-state index >= 15 is 0 Å². The topological polar surface area (TPSA) is 75.7 Å². The van der Waals surface area contributed by atoms with E-state index < -0.39 is 12.1 Å². The normalized spacial score (nSPS) is 14.7. The molecule has 0 fully saturated rings. The first kappa shape index (κ1) is 13.8. The number of hydrogen-bond donors (Lipinski definition) is 3. The second-order valence-corrected chi connectivity index (χ2v) is 4.65. The average Bonchev–Trinajstić information content (AvgIpc) is 2.27. The van der Waals surface area contributed by atoms with E-state index in [-0.39, 0.29) is 5.75 Å². The molecule has 1 aromatic rings. The molecule has 4 nitrogen and oxygen atoms in total. The van der Waals surface area contributed by atoms with Crippen molar-refractivity contribution in [2.45, 2.75) is 32.4 Å². The van der Waals surface area contributed by atoms with Crippen molar-refractivity contribution in [3.05, 3.63) is 23.8 Å². The Morgan fingerprint density at radius 2 is 2.00 bits per heavy atom. The van der Waals surface area contributed by atoms with Crippen LogP contribution in [0.15, 0.2) is 18.2 Å². The lowest BCUT2D eigenvalue weighted by Gasteiger charge is -2.21. The number of ether oxygens (including phenoxy) is 1. The van der Waals surface area contributed by atoms with Gasteiger partial charge in [-0.05, 0) is 30.0 Å². The van der Waals surface area contributed by atoms with Gasteiger partial charge in [0.2, 0.25) is 0 Å². The largest absolute Gasteiger partial charge is 0.504 e. The van der Waals surface area contributed by atoms with Gasteiger partial charge in [0.25, 0.3) is 0 Å². The molecule has 96 valence electrons. The summed E-state index contributed by atoms with van der Waals surface area (Å²) in [6.07, 6.45) is 0.0244. The van der Waals surface area contributed by atoms with E-state index in [1.807, 2.05) is 13.8 Å². The van der Waals surface area contributed by atoms with Gasteiger partial charge in [0.15, 0.2) is 11.5 Å². The summed E-state index contributed by atoms with van der Waals surface area (Å²) in [5.41, 5.74) is 6.65. The fourth-order valence-electron chi connectivity index (χ4n) is 1.77. The highest BCUT2D eigenvalue weighted by Crippen LogP contribution is 2.29. The van der Waals surface area contributed by atoms with Crippen LogP contribution in [0.5, 0.6) is 11.5 Å². The van der Waals surface area contributed by atoms with Gasteiger partial charge in [-0.2, -0.15) is 0 Å². The van der Waals surface area contributed by atoms with E-state index in [1.165, 1.54) is 13.2 Å². The smallest absolute Gasteiger partial charge is 0.160 e. The maximum Gasteiger partial charge on any atom is 0.160 e. The molecular formula is C13H21NO3. The van der Waals surface area contributed by atoms with Crippen LogP contribution in [-0.2, 0) is 0 Å². The molecule has 1 rings (SSSR count). The van der Waals surface area contributed by atoms with E-state index in [4.69, 9.17) is 10.5 Å². The van der Waals surface area contributed by atoms with Crippen molar-refractivity contribution >= 4 is 0 Å². The van der Waals surface area contributed by atoms with Crippen molar-refractivity contribution in [2.24, 2.45) is 11.7 Å². The maximum atomic E-state index is 9.92. The van der Waals surface area contributed by atoms with Crippen LogP contribution < -0.4 is 10.5 Å². The van der Waals surface area contributed by atoms with Crippen molar-refractivity contribution < 1.29 is 14.9 Å². The Morgan fingerprint density at radius 1 is 1.35 bits per heavy atom. The molecule has 0 heterocycles. The SMILES string of the molecule is COc1ccc([C@@H](N)[C@@H](O)CC(C)C)cc1O. The lowest BCUT2D eigenvalue weighted by Crippen LogP contribution is -2.27. The maximum absolute atomic E-state index is 9.92. The van der Waals surface area contributed by atoms with Crippen LogP contribution in [0.1, 0.15) is 31.9 Å². The highest BCUT2D eigenvalue weighted by Gasteiger charge is 2.19. The molecule has 4 N–H and O–H groups in total. The standard InChI is InChI=1S/C13H21NO3/c1-8(2)6-11(16)13(14)9-4-5-12(17-3)10(15)7-9/h4-5,7-8,11,13,15-16H,6,14H2,1-3H3/t11-,13+/m0/s1. The molecule has 0 bridgehead atoms. The Hall–Kier alpha value is -1.26. The van der Waals surface area contributed by atoms with Gasteiger partial charge in [-0.3, -0.25) is 0 Å². The van der Waals surface area contributed by atoms with Gasteiger partial charge < -0.3 is 20.7 Å². The number of aliphatic hydroxyl groups excluding tert-OH is 1. The monoisotopic (exact) mass is 239 g/mol. The summed E-state index contributed by atoms with van der Waals surface area (Å²) in [5, 5.41) is 19.6. The summed E-state index contributed by atoms with van der Waals surface area (Å²) in [6, 6.07) is 4.45. The number of methoxy groups -OCH3 is 1. The molecule has 0 aromatic heterocycles. The van der Waals surface area contributed by atoms with Crippen LogP contribution in [0.2, 0.25) is 0 Å². The molecule has 0 unspecified atom stereocenters. The summed E-state index contributed by atoms with van der Waals surface area (Å²) in [7, 11) is 1.49. The number of hydrogen-bond acceptors (Lipinski definition) is 4. The van der Waals surface area contributed by atoms with Gasteiger partial charge >= 0.3 is 0 Å². The van der Waals surface area contributed by atoms with Crippen LogP contribution in [-0.4, -0.2) is 23.4 Å².